The van der Waals surface area contributed by atoms with E-state index >= 15 is 0 Å². The van der Waals surface area contributed by atoms with Crippen molar-refractivity contribution in [3.8, 4) is 11.4 Å². The SMILES string of the molecule is CCOC(=O)C(O[P+]([O-])=C[C@H](NC(=O)c1cc(N2CC[C@H](OC)C2)nc(-c2ccccc2)n1)C(=O)N1CCN(C(=O)O)CC1)C(=O)OCC. The van der Waals surface area contributed by atoms with Gasteiger partial charge in [-0.2, -0.15) is 4.52 Å². The summed E-state index contributed by atoms with van der Waals surface area (Å²) >= 11 is 0. The average molecular weight is 703 g/mol. The zero-order valence-electron chi connectivity index (χ0n) is 27.4. The van der Waals surface area contributed by atoms with Gasteiger partial charge in [0.05, 0.1) is 19.3 Å². The summed E-state index contributed by atoms with van der Waals surface area (Å²) in [6, 6.07) is 8.85. The van der Waals surface area contributed by atoms with Crippen molar-refractivity contribution in [1.29, 1.82) is 0 Å². The molecule has 49 heavy (non-hydrogen) atoms. The summed E-state index contributed by atoms with van der Waals surface area (Å²) in [5.74, 6) is -2.28. The van der Waals surface area contributed by atoms with Gasteiger partial charge >= 0.3 is 24.1 Å². The third-order valence-corrected chi connectivity index (χ3v) is 8.64. The van der Waals surface area contributed by atoms with Crippen LogP contribution in [0.15, 0.2) is 36.4 Å². The van der Waals surface area contributed by atoms with E-state index in [0.29, 0.717) is 24.5 Å². The van der Waals surface area contributed by atoms with Crippen LogP contribution in [0.3, 0.4) is 0 Å². The molecule has 0 aliphatic carbocycles. The number of hydrogen-bond donors (Lipinski definition) is 2. The molecule has 0 radical (unpaired) electrons. The van der Waals surface area contributed by atoms with Crippen molar-refractivity contribution in [2.75, 3.05) is 64.5 Å². The normalized spacial score (nSPS) is 17.1. The van der Waals surface area contributed by atoms with Crippen LogP contribution < -0.4 is 15.1 Å². The lowest BCUT2D eigenvalue weighted by Gasteiger charge is -2.34. The molecular formula is C31H39N6O11P. The van der Waals surface area contributed by atoms with Crippen molar-refractivity contribution in [1.82, 2.24) is 25.1 Å². The quantitative estimate of drug-likeness (QED) is 0.163. The van der Waals surface area contributed by atoms with E-state index in [1.165, 1.54) is 24.8 Å². The molecule has 0 spiro atoms. The van der Waals surface area contributed by atoms with Gasteiger partial charge in [-0.25, -0.2) is 24.4 Å². The first-order valence-corrected chi connectivity index (χ1v) is 16.9. The van der Waals surface area contributed by atoms with Gasteiger partial charge in [0, 0.05) is 58.0 Å². The lowest BCUT2D eigenvalue weighted by Crippen LogP contribution is -2.56. The number of hydrogen-bond acceptors (Lipinski definition) is 13. The van der Waals surface area contributed by atoms with Gasteiger partial charge in [-0.15, -0.1) is 0 Å². The highest BCUT2D eigenvalue weighted by molar-refractivity contribution is 7.45. The van der Waals surface area contributed by atoms with Crippen LogP contribution in [-0.2, 0) is 33.1 Å². The number of carbonyl (C=O) groups is 5. The van der Waals surface area contributed by atoms with E-state index in [-0.39, 0.29) is 57.0 Å². The number of carbonyl (C=O) groups excluding carboxylic acids is 4. The molecule has 0 bridgehead atoms. The Morgan fingerprint density at radius 1 is 1.00 bits per heavy atom. The van der Waals surface area contributed by atoms with Gasteiger partial charge < -0.3 is 44.2 Å². The predicted molar refractivity (Wildman–Crippen MR) is 174 cm³/mol. The first-order valence-electron chi connectivity index (χ1n) is 15.7. The van der Waals surface area contributed by atoms with Crippen molar-refractivity contribution in [3.63, 3.8) is 0 Å². The van der Waals surface area contributed by atoms with Crippen LogP contribution in [0.25, 0.3) is 11.4 Å². The molecule has 2 N–H and O–H groups in total. The Balaban J connectivity index is 1.67. The number of carboxylic acid groups (broad SMARTS) is 1. The standard InChI is InChI=1S/C31H39N6O11P/c1-4-46-29(40)25(30(41)47-5-2)48-49(44)19-23(28(39)35-13-15-36(16-14-35)31(42)43)33-27(38)22-17-24(37-12-11-21(18-37)45-3)34-26(32-22)20-9-7-6-8-10-20/h6-10,17,19,21,23,25H,4-5,11-16,18H2,1-3H3,(H,33,38)(H,42,43)/t21-,23-/m0/s1. The average Bonchev–Trinajstić information content (AvgIpc) is 3.60. The molecule has 3 heterocycles. The molecule has 2 saturated heterocycles. The van der Waals surface area contributed by atoms with Gasteiger partial charge in [-0.05, 0) is 20.3 Å². The van der Waals surface area contributed by atoms with Gasteiger partial charge in [-0.1, -0.05) is 30.3 Å². The third kappa shape index (κ3) is 9.92. The van der Waals surface area contributed by atoms with Crippen molar-refractivity contribution in [2.45, 2.75) is 38.5 Å². The molecule has 3 atom stereocenters. The van der Waals surface area contributed by atoms with Gasteiger partial charge in [-0.3, -0.25) is 9.59 Å². The predicted octanol–water partition coefficient (Wildman–Crippen LogP) is 0.275. The van der Waals surface area contributed by atoms with Crippen LogP contribution in [0.2, 0.25) is 0 Å². The van der Waals surface area contributed by atoms with Crippen LogP contribution in [0.4, 0.5) is 10.6 Å². The number of amides is 3. The minimum absolute atomic E-state index is 0.00613. The van der Waals surface area contributed by atoms with Crippen LogP contribution in [0.5, 0.6) is 0 Å². The lowest BCUT2D eigenvalue weighted by molar-refractivity contribution is -0.188. The van der Waals surface area contributed by atoms with E-state index in [1.54, 1.807) is 31.4 Å². The number of nitrogens with zero attached hydrogens (tertiary/aromatic N) is 5. The molecule has 264 valence electrons. The summed E-state index contributed by atoms with van der Waals surface area (Å²) < 4.78 is 20.4. The Labute approximate surface area is 283 Å². The lowest BCUT2D eigenvalue weighted by atomic mass is 10.2. The summed E-state index contributed by atoms with van der Waals surface area (Å²) in [6.07, 6.45) is -2.45. The number of ether oxygens (including phenoxy) is 3. The monoisotopic (exact) mass is 702 g/mol. The largest absolute Gasteiger partial charge is 0.603 e. The first-order chi connectivity index (χ1) is 23.5. The number of aromatic nitrogens is 2. The van der Waals surface area contributed by atoms with Crippen LogP contribution in [-0.4, -0.2) is 138 Å². The zero-order valence-corrected chi connectivity index (χ0v) is 28.2. The second-order valence-electron chi connectivity index (χ2n) is 10.9. The first kappa shape index (κ1) is 37.1. The minimum Gasteiger partial charge on any atom is -0.603 e. The maximum absolute atomic E-state index is 13.8. The van der Waals surface area contributed by atoms with Gasteiger partial charge in [0.2, 0.25) is 8.00 Å². The van der Waals surface area contributed by atoms with Crippen molar-refractivity contribution in [2.24, 2.45) is 0 Å². The number of rotatable bonds is 13. The highest BCUT2D eigenvalue weighted by Gasteiger charge is 2.37. The van der Waals surface area contributed by atoms with E-state index in [2.05, 4.69) is 15.3 Å². The van der Waals surface area contributed by atoms with E-state index < -0.39 is 50.0 Å². The molecule has 18 heteroatoms. The minimum atomic E-state index is -3.08. The fourth-order valence-corrected chi connectivity index (χ4v) is 6.03. The highest BCUT2D eigenvalue weighted by atomic mass is 31.1. The molecule has 1 unspecified atom stereocenters. The van der Waals surface area contributed by atoms with E-state index in [9.17, 15) is 34.0 Å². The highest BCUT2D eigenvalue weighted by Crippen LogP contribution is 2.25. The molecule has 17 nitrogen and oxygen atoms in total. The van der Waals surface area contributed by atoms with Crippen molar-refractivity contribution >= 4 is 49.5 Å². The molecule has 2 aromatic rings. The number of nitrogens with one attached hydrogen (secondary N) is 1. The van der Waals surface area contributed by atoms with Crippen LogP contribution in [0, 0.1) is 0 Å². The number of benzene rings is 1. The number of piperazine rings is 1. The molecule has 2 aliphatic rings. The Bertz CT molecular complexity index is 1520. The Morgan fingerprint density at radius 2 is 1.63 bits per heavy atom. The molecular weight excluding hydrogens is 663 g/mol. The van der Waals surface area contributed by atoms with Gasteiger partial charge in [0.1, 0.15) is 17.3 Å². The molecule has 1 aromatic heterocycles. The Kier molecular flexibility index (Phi) is 13.4. The second-order valence-corrected chi connectivity index (χ2v) is 11.9. The third-order valence-electron chi connectivity index (χ3n) is 7.68. The fraction of sp³-hybridized carbons (Fsp3) is 0.484. The van der Waals surface area contributed by atoms with Crippen LogP contribution in [0.1, 0.15) is 30.8 Å². The smallest absolute Gasteiger partial charge is 0.407 e. The molecule has 2 aliphatic heterocycles. The van der Waals surface area contributed by atoms with Crippen LogP contribution >= 0.6 is 8.00 Å². The second kappa shape index (κ2) is 17.6. The molecule has 0 saturated carbocycles. The number of esters is 2. The summed E-state index contributed by atoms with van der Waals surface area (Å²) in [5, 5.41) is 11.9. The Morgan fingerprint density at radius 3 is 2.20 bits per heavy atom. The zero-order chi connectivity index (χ0) is 35.5. The van der Waals surface area contributed by atoms with E-state index in [0.717, 1.165) is 17.1 Å². The van der Waals surface area contributed by atoms with Gasteiger partial charge in [0.25, 0.3) is 11.8 Å². The topological polar surface area (TPSA) is 213 Å². The van der Waals surface area contributed by atoms with E-state index in [4.69, 9.17) is 18.7 Å². The Hall–Kier alpha value is -4.70. The summed E-state index contributed by atoms with van der Waals surface area (Å²) in [5.41, 5.74) is 0.538. The molecule has 2 fully saturated rings. The van der Waals surface area contributed by atoms with E-state index in [1.807, 2.05) is 11.0 Å². The summed E-state index contributed by atoms with van der Waals surface area (Å²) in [6.45, 7) is 3.93. The molecule has 1 aromatic carbocycles. The van der Waals surface area contributed by atoms with Gasteiger partial charge in [0.15, 0.2) is 11.9 Å². The fourth-order valence-electron chi connectivity index (χ4n) is 5.13. The maximum atomic E-state index is 13.8. The number of methoxy groups -OCH3 is 1. The molecule has 4 rings (SSSR count). The summed E-state index contributed by atoms with van der Waals surface area (Å²) in [7, 11) is -1.46. The van der Waals surface area contributed by atoms with Crippen molar-refractivity contribution in [3.05, 3.63) is 42.1 Å². The number of anilines is 1. The summed E-state index contributed by atoms with van der Waals surface area (Å²) in [4.78, 5) is 90.6. The maximum Gasteiger partial charge on any atom is 0.407 e. The molecule has 3 amide bonds. The van der Waals surface area contributed by atoms with Crippen molar-refractivity contribution < 1.29 is 52.7 Å².